The lowest BCUT2D eigenvalue weighted by Gasteiger charge is -2.29. The first-order valence-corrected chi connectivity index (χ1v) is 8.65. The van der Waals surface area contributed by atoms with Gasteiger partial charge in [-0.25, -0.2) is 13.3 Å². The van der Waals surface area contributed by atoms with E-state index in [0.29, 0.717) is 0 Å². The summed E-state index contributed by atoms with van der Waals surface area (Å²) in [5.41, 5.74) is -0.258. The molecule has 0 spiro atoms. The molecule has 1 saturated heterocycles. The van der Waals surface area contributed by atoms with Gasteiger partial charge in [-0.3, -0.25) is 19.2 Å². The molecule has 0 amide bonds. The predicted molar refractivity (Wildman–Crippen MR) is 82.1 cm³/mol. The summed E-state index contributed by atoms with van der Waals surface area (Å²) in [5, 5.41) is 10.6. The highest BCUT2D eigenvalue weighted by molar-refractivity contribution is 7.49. The van der Waals surface area contributed by atoms with Crippen molar-refractivity contribution in [2.24, 2.45) is 0 Å². The summed E-state index contributed by atoms with van der Waals surface area (Å²) < 4.78 is 55.3. The Hall–Kier alpha value is -2.35. The quantitative estimate of drug-likeness (QED) is 0.445. The normalized spacial score (nSPS) is 23.2. The third kappa shape index (κ3) is 3.84. The molecule has 7 nitrogen and oxygen atoms in total. The zero-order valence-corrected chi connectivity index (χ0v) is 13.5. The molecule has 1 unspecified atom stereocenters. The zero-order valence-electron chi connectivity index (χ0n) is 12.6. The molecule has 10 heteroatoms. The largest absolute Gasteiger partial charge is 0.530 e. The van der Waals surface area contributed by atoms with Crippen LogP contribution >= 0.6 is 7.82 Å². The van der Waals surface area contributed by atoms with Crippen molar-refractivity contribution in [2.75, 3.05) is 6.61 Å². The zero-order chi connectivity index (χ0) is 18.0. The van der Waals surface area contributed by atoms with Crippen LogP contribution in [0.3, 0.4) is 0 Å². The van der Waals surface area contributed by atoms with E-state index in [2.05, 4.69) is 0 Å². The molecule has 0 radical (unpaired) electrons. The summed E-state index contributed by atoms with van der Waals surface area (Å²) in [5.74, 6) is -2.11. The van der Waals surface area contributed by atoms with E-state index in [0.717, 1.165) is 18.2 Å². The summed E-state index contributed by atoms with van der Waals surface area (Å²) in [6.45, 7) is -0.0507. The van der Waals surface area contributed by atoms with Gasteiger partial charge in [-0.15, -0.1) is 0 Å². The van der Waals surface area contributed by atoms with Crippen molar-refractivity contribution in [1.82, 2.24) is 0 Å². The number of halogens is 2. The van der Waals surface area contributed by atoms with Gasteiger partial charge >= 0.3 is 7.82 Å². The highest BCUT2D eigenvalue weighted by Gasteiger charge is 2.38. The van der Waals surface area contributed by atoms with Crippen molar-refractivity contribution in [1.29, 1.82) is 0 Å². The lowest BCUT2D eigenvalue weighted by molar-refractivity contribution is -0.384. The minimum atomic E-state index is -4.09. The van der Waals surface area contributed by atoms with Gasteiger partial charge in [0, 0.05) is 24.1 Å². The first-order valence-electron chi connectivity index (χ1n) is 7.19. The molecule has 1 aliphatic heterocycles. The van der Waals surface area contributed by atoms with E-state index >= 15 is 0 Å². The lowest BCUT2D eigenvalue weighted by Crippen LogP contribution is -2.17. The fourth-order valence-electron chi connectivity index (χ4n) is 2.30. The maximum Gasteiger partial charge on any atom is 0.530 e. The number of nitro benzene ring substituents is 1. The Morgan fingerprint density at radius 2 is 1.92 bits per heavy atom. The molecule has 3 rings (SSSR count). The van der Waals surface area contributed by atoms with Gasteiger partial charge in [0.05, 0.1) is 11.5 Å². The Labute approximate surface area is 140 Å². The van der Waals surface area contributed by atoms with Gasteiger partial charge in [-0.2, -0.15) is 0 Å². The van der Waals surface area contributed by atoms with E-state index in [1.54, 1.807) is 0 Å². The fourth-order valence-corrected chi connectivity index (χ4v) is 3.69. The number of phosphoric ester groups is 1. The number of nitro groups is 1. The maximum absolute atomic E-state index is 13.9. The van der Waals surface area contributed by atoms with Crippen LogP contribution in [0.2, 0.25) is 0 Å². The predicted octanol–water partition coefficient (Wildman–Crippen LogP) is 4.54. The molecule has 2 atom stereocenters. The van der Waals surface area contributed by atoms with Crippen molar-refractivity contribution in [2.45, 2.75) is 12.5 Å². The third-order valence-corrected chi connectivity index (χ3v) is 4.92. The van der Waals surface area contributed by atoms with Crippen LogP contribution in [0.15, 0.2) is 42.5 Å². The molecule has 0 aliphatic carbocycles. The van der Waals surface area contributed by atoms with E-state index in [9.17, 15) is 23.5 Å². The topological polar surface area (TPSA) is 87.9 Å². The highest BCUT2D eigenvalue weighted by Crippen LogP contribution is 2.56. The molecular weight excluding hydrogens is 359 g/mol. The Morgan fingerprint density at radius 3 is 2.60 bits per heavy atom. The van der Waals surface area contributed by atoms with Crippen molar-refractivity contribution in [3.8, 4) is 5.75 Å². The van der Waals surface area contributed by atoms with Gasteiger partial charge in [-0.05, 0) is 18.2 Å². The Balaban J connectivity index is 1.78. The number of phosphoric acid groups is 1. The van der Waals surface area contributed by atoms with Crippen LogP contribution in [0, 0.1) is 21.7 Å². The molecule has 0 saturated carbocycles. The molecule has 2 aromatic rings. The number of non-ortho nitro benzene ring substituents is 1. The van der Waals surface area contributed by atoms with Crippen LogP contribution in [-0.2, 0) is 13.6 Å². The maximum atomic E-state index is 13.9. The van der Waals surface area contributed by atoms with Crippen molar-refractivity contribution in [3.05, 3.63) is 69.8 Å². The van der Waals surface area contributed by atoms with E-state index in [1.807, 2.05) is 0 Å². The first-order chi connectivity index (χ1) is 11.9. The van der Waals surface area contributed by atoms with Gasteiger partial charge in [0.1, 0.15) is 11.9 Å². The molecule has 1 heterocycles. The fraction of sp³-hybridized carbons (Fsp3) is 0.200. The van der Waals surface area contributed by atoms with Gasteiger partial charge < -0.3 is 4.52 Å². The van der Waals surface area contributed by atoms with E-state index in [1.165, 1.54) is 24.3 Å². The molecule has 0 N–H and O–H groups in total. The third-order valence-electron chi connectivity index (χ3n) is 3.48. The highest BCUT2D eigenvalue weighted by atomic mass is 31.2. The lowest BCUT2D eigenvalue weighted by atomic mass is 10.1. The number of nitrogens with zero attached hydrogens (tertiary/aromatic N) is 1. The molecule has 25 heavy (non-hydrogen) atoms. The Kier molecular flexibility index (Phi) is 4.80. The number of hydrogen-bond donors (Lipinski definition) is 0. The summed E-state index contributed by atoms with van der Waals surface area (Å²) in [6.07, 6.45) is -0.845. The Bertz CT molecular complexity index is 844. The number of benzene rings is 2. The second-order valence-corrected chi connectivity index (χ2v) is 6.69. The monoisotopic (exact) mass is 371 g/mol. The van der Waals surface area contributed by atoms with E-state index in [4.69, 9.17) is 13.6 Å². The van der Waals surface area contributed by atoms with Gasteiger partial charge in [-0.1, -0.05) is 12.1 Å². The minimum absolute atomic E-state index is 0.0225. The molecule has 0 aromatic heterocycles. The van der Waals surface area contributed by atoms with Crippen LogP contribution in [-0.4, -0.2) is 11.5 Å². The number of rotatable bonds is 4. The van der Waals surface area contributed by atoms with Crippen molar-refractivity contribution < 1.29 is 31.8 Å². The first kappa shape index (κ1) is 17.5. The Morgan fingerprint density at radius 1 is 1.20 bits per heavy atom. The van der Waals surface area contributed by atoms with Crippen LogP contribution < -0.4 is 4.52 Å². The van der Waals surface area contributed by atoms with E-state index < -0.39 is 30.5 Å². The molecule has 1 aliphatic rings. The molecule has 0 bridgehead atoms. The summed E-state index contributed by atoms with van der Waals surface area (Å²) in [6, 6.07) is 8.39. The second kappa shape index (κ2) is 6.87. The summed E-state index contributed by atoms with van der Waals surface area (Å²) >= 11 is 0. The average molecular weight is 371 g/mol. The van der Waals surface area contributed by atoms with E-state index in [-0.39, 0.29) is 30.0 Å². The molecule has 2 aromatic carbocycles. The van der Waals surface area contributed by atoms with Crippen LogP contribution in [0.25, 0.3) is 0 Å². The SMILES string of the molecule is O=[N+]([O-])c1ccc(OP2(=O)OCC[C@H](c3cccc(F)c3F)O2)cc1. The van der Waals surface area contributed by atoms with Crippen LogP contribution in [0.5, 0.6) is 5.75 Å². The summed E-state index contributed by atoms with van der Waals surface area (Å²) in [7, 11) is -4.09. The smallest absolute Gasteiger partial charge is 0.404 e. The molecule has 1 fully saturated rings. The average Bonchev–Trinajstić information content (AvgIpc) is 2.57. The van der Waals surface area contributed by atoms with Crippen molar-refractivity contribution >= 4 is 13.5 Å². The summed E-state index contributed by atoms with van der Waals surface area (Å²) in [4.78, 5) is 10.0. The minimum Gasteiger partial charge on any atom is -0.404 e. The van der Waals surface area contributed by atoms with Gasteiger partial charge in [0.25, 0.3) is 5.69 Å². The second-order valence-electron chi connectivity index (χ2n) is 5.15. The standard InChI is InChI=1S/C15H12F2NO6P/c16-13-3-1-2-12(15(13)17)14-8-9-22-25(21,24-14)23-11-6-4-10(5-7-11)18(19)20/h1-7,14H,8-9H2/t14-,25?/m1/s1. The van der Waals surface area contributed by atoms with Crippen LogP contribution in [0.1, 0.15) is 18.1 Å². The number of hydrogen-bond acceptors (Lipinski definition) is 6. The van der Waals surface area contributed by atoms with Crippen LogP contribution in [0.4, 0.5) is 14.5 Å². The van der Waals surface area contributed by atoms with Gasteiger partial charge in [0.2, 0.25) is 0 Å². The van der Waals surface area contributed by atoms with Gasteiger partial charge in [0.15, 0.2) is 11.6 Å². The molecule has 132 valence electrons. The molecular formula is C15H12F2NO6P. The van der Waals surface area contributed by atoms with Crippen molar-refractivity contribution in [3.63, 3.8) is 0 Å².